The monoisotopic (exact) mass is 295 g/mol. The SMILES string of the molecule is Cc1nc(C(=O)N2CCC[C@H]2Cn2cccn2)ccc1C#N. The predicted molar refractivity (Wildman–Crippen MR) is 80.0 cm³/mol. The van der Waals surface area contributed by atoms with E-state index in [0.29, 0.717) is 23.5 Å². The van der Waals surface area contributed by atoms with Gasteiger partial charge in [0.15, 0.2) is 0 Å². The smallest absolute Gasteiger partial charge is 0.272 e. The topological polar surface area (TPSA) is 74.8 Å². The van der Waals surface area contributed by atoms with Crippen molar-refractivity contribution in [1.29, 1.82) is 5.26 Å². The van der Waals surface area contributed by atoms with Crippen molar-refractivity contribution in [2.45, 2.75) is 32.4 Å². The average molecular weight is 295 g/mol. The number of hydrogen-bond acceptors (Lipinski definition) is 4. The van der Waals surface area contributed by atoms with Crippen LogP contribution >= 0.6 is 0 Å². The summed E-state index contributed by atoms with van der Waals surface area (Å²) in [6, 6.07) is 7.39. The fraction of sp³-hybridized carbons (Fsp3) is 0.375. The first-order chi connectivity index (χ1) is 10.7. The zero-order valence-electron chi connectivity index (χ0n) is 12.4. The van der Waals surface area contributed by atoms with Gasteiger partial charge in [0.25, 0.3) is 5.91 Å². The molecule has 2 aromatic heterocycles. The first-order valence-corrected chi connectivity index (χ1v) is 7.35. The highest BCUT2D eigenvalue weighted by Gasteiger charge is 2.30. The summed E-state index contributed by atoms with van der Waals surface area (Å²) in [6.45, 7) is 3.19. The van der Waals surface area contributed by atoms with Crippen LogP contribution in [0.1, 0.15) is 34.6 Å². The fourth-order valence-corrected chi connectivity index (χ4v) is 2.86. The van der Waals surface area contributed by atoms with Gasteiger partial charge < -0.3 is 4.90 Å². The predicted octanol–water partition coefficient (Wildman–Crippen LogP) is 1.76. The Morgan fingerprint density at radius 3 is 3.05 bits per heavy atom. The molecule has 1 saturated heterocycles. The van der Waals surface area contributed by atoms with Crippen LogP contribution in [0.2, 0.25) is 0 Å². The van der Waals surface area contributed by atoms with Crippen molar-refractivity contribution in [3.63, 3.8) is 0 Å². The summed E-state index contributed by atoms with van der Waals surface area (Å²) in [5.41, 5.74) is 1.51. The van der Waals surface area contributed by atoms with Crippen molar-refractivity contribution in [1.82, 2.24) is 19.7 Å². The minimum absolute atomic E-state index is 0.0674. The Balaban J connectivity index is 1.78. The molecule has 1 aliphatic rings. The van der Waals surface area contributed by atoms with Crippen LogP contribution in [0.5, 0.6) is 0 Å². The molecule has 3 heterocycles. The van der Waals surface area contributed by atoms with E-state index < -0.39 is 0 Å². The van der Waals surface area contributed by atoms with Gasteiger partial charge in [-0.05, 0) is 38.0 Å². The van der Waals surface area contributed by atoms with E-state index >= 15 is 0 Å². The van der Waals surface area contributed by atoms with Crippen LogP contribution < -0.4 is 0 Å². The Morgan fingerprint density at radius 1 is 1.50 bits per heavy atom. The lowest BCUT2D eigenvalue weighted by molar-refractivity contribution is 0.0715. The number of aryl methyl sites for hydroxylation is 1. The van der Waals surface area contributed by atoms with Gasteiger partial charge in [0, 0.05) is 18.9 Å². The van der Waals surface area contributed by atoms with Crippen LogP contribution in [0.25, 0.3) is 0 Å². The molecule has 0 aromatic carbocycles. The maximum atomic E-state index is 12.7. The number of likely N-dealkylation sites (tertiary alicyclic amines) is 1. The van der Waals surface area contributed by atoms with E-state index in [1.807, 2.05) is 21.8 Å². The molecule has 112 valence electrons. The van der Waals surface area contributed by atoms with Crippen molar-refractivity contribution in [3.05, 3.63) is 47.5 Å². The first kappa shape index (κ1) is 14.3. The summed E-state index contributed by atoms with van der Waals surface area (Å²) in [6.07, 6.45) is 5.62. The molecule has 0 N–H and O–H groups in total. The van der Waals surface area contributed by atoms with Crippen molar-refractivity contribution in [3.8, 4) is 6.07 Å². The summed E-state index contributed by atoms with van der Waals surface area (Å²) >= 11 is 0. The van der Waals surface area contributed by atoms with E-state index in [2.05, 4.69) is 16.2 Å². The van der Waals surface area contributed by atoms with Crippen LogP contribution in [-0.4, -0.2) is 38.2 Å². The number of amides is 1. The number of nitriles is 1. The van der Waals surface area contributed by atoms with Gasteiger partial charge in [0.2, 0.25) is 0 Å². The Kier molecular flexibility index (Phi) is 3.88. The quantitative estimate of drug-likeness (QED) is 0.864. The highest BCUT2D eigenvalue weighted by molar-refractivity contribution is 5.92. The number of nitrogens with zero attached hydrogens (tertiary/aromatic N) is 5. The highest BCUT2D eigenvalue weighted by Crippen LogP contribution is 2.21. The van der Waals surface area contributed by atoms with Crippen molar-refractivity contribution in [2.75, 3.05) is 6.54 Å². The maximum absolute atomic E-state index is 12.7. The van der Waals surface area contributed by atoms with Gasteiger partial charge in [-0.25, -0.2) is 4.98 Å². The van der Waals surface area contributed by atoms with Gasteiger partial charge in [0.05, 0.1) is 23.8 Å². The van der Waals surface area contributed by atoms with Gasteiger partial charge in [0.1, 0.15) is 11.8 Å². The summed E-state index contributed by atoms with van der Waals surface area (Å²) in [5.74, 6) is -0.0674. The largest absolute Gasteiger partial charge is 0.332 e. The molecule has 0 saturated carbocycles. The molecule has 2 aromatic rings. The summed E-state index contributed by atoms with van der Waals surface area (Å²) in [7, 11) is 0. The Labute approximate surface area is 129 Å². The summed E-state index contributed by atoms with van der Waals surface area (Å²) in [5, 5.41) is 13.2. The van der Waals surface area contributed by atoms with Gasteiger partial charge in [-0.15, -0.1) is 0 Å². The van der Waals surface area contributed by atoms with Crippen molar-refractivity contribution < 1.29 is 4.79 Å². The van der Waals surface area contributed by atoms with Crippen LogP contribution in [0.4, 0.5) is 0 Å². The Morgan fingerprint density at radius 2 is 2.36 bits per heavy atom. The molecule has 0 bridgehead atoms. The van der Waals surface area contributed by atoms with E-state index in [-0.39, 0.29) is 11.9 Å². The van der Waals surface area contributed by atoms with Crippen LogP contribution in [0.15, 0.2) is 30.6 Å². The second kappa shape index (κ2) is 5.98. The number of hydrogen-bond donors (Lipinski definition) is 0. The molecule has 6 nitrogen and oxygen atoms in total. The molecule has 0 unspecified atom stereocenters. The van der Waals surface area contributed by atoms with E-state index in [1.165, 1.54) is 0 Å². The molecule has 1 aliphatic heterocycles. The summed E-state index contributed by atoms with van der Waals surface area (Å²) < 4.78 is 1.85. The van der Waals surface area contributed by atoms with E-state index in [9.17, 15) is 4.79 Å². The molecule has 3 rings (SSSR count). The number of carbonyl (C=O) groups excluding carboxylic acids is 1. The van der Waals surface area contributed by atoms with Gasteiger partial charge in [-0.2, -0.15) is 10.4 Å². The van der Waals surface area contributed by atoms with E-state index in [1.54, 1.807) is 25.3 Å². The molecule has 1 atom stereocenters. The molecular weight excluding hydrogens is 278 g/mol. The van der Waals surface area contributed by atoms with E-state index in [0.717, 1.165) is 19.4 Å². The normalized spacial score (nSPS) is 17.5. The second-order valence-electron chi connectivity index (χ2n) is 5.46. The van der Waals surface area contributed by atoms with Crippen molar-refractivity contribution in [2.24, 2.45) is 0 Å². The molecule has 22 heavy (non-hydrogen) atoms. The fourth-order valence-electron chi connectivity index (χ4n) is 2.86. The van der Waals surface area contributed by atoms with Crippen LogP contribution in [0, 0.1) is 18.3 Å². The molecule has 1 amide bonds. The minimum Gasteiger partial charge on any atom is -0.332 e. The minimum atomic E-state index is -0.0674. The molecular formula is C16H17N5O. The molecule has 0 radical (unpaired) electrons. The molecule has 1 fully saturated rings. The molecule has 0 spiro atoms. The number of carbonyl (C=O) groups is 1. The third-order valence-corrected chi connectivity index (χ3v) is 4.02. The lowest BCUT2D eigenvalue weighted by Gasteiger charge is -2.24. The third kappa shape index (κ3) is 2.70. The van der Waals surface area contributed by atoms with Gasteiger partial charge in [-0.3, -0.25) is 9.48 Å². The third-order valence-electron chi connectivity index (χ3n) is 4.02. The Bertz CT molecular complexity index is 717. The lowest BCUT2D eigenvalue weighted by atomic mass is 10.2. The zero-order valence-corrected chi connectivity index (χ0v) is 12.4. The number of pyridine rings is 1. The Hall–Kier alpha value is -2.68. The van der Waals surface area contributed by atoms with Gasteiger partial charge >= 0.3 is 0 Å². The van der Waals surface area contributed by atoms with Crippen LogP contribution in [-0.2, 0) is 6.54 Å². The van der Waals surface area contributed by atoms with Gasteiger partial charge in [-0.1, -0.05) is 0 Å². The molecule has 0 aliphatic carbocycles. The number of rotatable bonds is 3. The lowest BCUT2D eigenvalue weighted by Crippen LogP contribution is -2.38. The van der Waals surface area contributed by atoms with Crippen LogP contribution in [0.3, 0.4) is 0 Å². The first-order valence-electron chi connectivity index (χ1n) is 7.35. The second-order valence-corrected chi connectivity index (χ2v) is 5.46. The highest BCUT2D eigenvalue weighted by atomic mass is 16.2. The maximum Gasteiger partial charge on any atom is 0.272 e. The standard InChI is InChI=1S/C16H17N5O/c1-12-13(10-17)5-6-15(19-12)16(22)21-9-2-4-14(21)11-20-8-3-7-18-20/h3,5-8,14H,2,4,9,11H2,1H3/t14-/m0/s1. The summed E-state index contributed by atoms with van der Waals surface area (Å²) in [4.78, 5) is 18.8. The van der Waals surface area contributed by atoms with Crippen molar-refractivity contribution >= 4 is 5.91 Å². The molecule has 6 heteroatoms. The number of aromatic nitrogens is 3. The average Bonchev–Trinajstić information content (AvgIpc) is 3.18. The zero-order chi connectivity index (χ0) is 15.5. The van der Waals surface area contributed by atoms with E-state index in [4.69, 9.17) is 5.26 Å².